The second-order valence-electron chi connectivity index (χ2n) is 6.35. The minimum atomic E-state index is -0.0611. The highest BCUT2D eigenvalue weighted by Gasteiger charge is 2.13. The molecule has 2 amide bonds. The molecule has 0 bridgehead atoms. The minimum absolute atomic E-state index is 0.00886. The molecule has 5 heteroatoms. The number of nitrogens with one attached hydrogen (secondary N) is 2. The van der Waals surface area contributed by atoms with Crippen LogP contribution in [0.1, 0.15) is 49.2 Å². The maximum Gasteiger partial charge on any atom is 0.253 e. The molecule has 0 fully saturated rings. The summed E-state index contributed by atoms with van der Waals surface area (Å²) in [5.74, 6) is -0.0352. The first kappa shape index (κ1) is 20.5. The van der Waals surface area contributed by atoms with Crippen LogP contribution in [-0.4, -0.2) is 36.3 Å². The number of hydrogen-bond donors (Lipinski definition) is 2. The Bertz CT molecular complexity index is 725. The van der Waals surface area contributed by atoms with Crippen molar-refractivity contribution >= 4 is 17.5 Å². The smallest absolute Gasteiger partial charge is 0.253 e. The van der Waals surface area contributed by atoms with Gasteiger partial charge in [0.15, 0.2) is 0 Å². The zero-order valence-electron chi connectivity index (χ0n) is 16.4. The van der Waals surface area contributed by atoms with E-state index < -0.39 is 0 Å². The third-order valence-corrected chi connectivity index (χ3v) is 4.58. The maximum absolute atomic E-state index is 12.3. The van der Waals surface area contributed by atoms with E-state index in [1.807, 2.05) is 56.3 Å². The summed E-state index contributed by atoms with van der Waals surface area (Å²) < 4.78 is 0. The molecule has 0 aliphatic heterocycles. The summed E-state index contributed by atoms with van der Waals surface area (Å²) in [6.07, 6.45) is 0.831. The summed E-state index contributed by atoms with van der Waals surface area (Å²) in [5, 5.41) is 6.16. The number of carbonyl (C=O) groups excluding carboxylic acids is 2. The van der Waals surface area contributed by atoms with Crippen molar-refractivity contribution in [3.8, 4) is 0 Å². The molecular formula is C22H29N3O2. The normalized spacial score (nSPS) is 11.5. The summed E-state index contributed by atoms with van der Waals surface area (Å²) in [6, 6.07) is 17.2. The Balaban J connectivity index is 1.88. The molecule has 1 unspecified atom stereocenters. The van der Waals surface area contributed by atoms with Gasteiger partial charge >= 0.3 is 0 Å². The third-order valence-electron chi connectivity index (χ3n) is 4.58. The first-order valence-electron chi connectivity index (χ1n) is 9.56. The van der Waals surface area contributed by atoms with Gasteiger partial charge in [-0.1, -0.05) is 37.3 Å². The molecule has 0 aliphatic rings. The fraction of sp³-hybridized carbons (Fsp3) is 0.364. The van der Waals surface area contributed by atoms with Crippen LogP contribution in [0.5, 0.6) is 0 Å². The molecule has 2 aromatic rings. The van der Waals surface area contributed by atoms with Gasteiger partial charge in [-0.25, -0.2) is 0 Å². The molecule has 0 radical (unpaired) electrons. The van der Waals surface area contributed by atoms with Crippen LogP contribution in [0.3, 0.4) is 0 Å². The second kappa shape index (κ2) is 10.4. The molecule has 144 valence electrons. The Morgan fingerprint density at radius 1 is 0.926 bits per heavy atom. The van der Waals surface area contributed by atoms with E-state index in [9.17, 15) is 9.59 Å². The number of amides is 2. The maximum atomic E-state index is 12.3. The summed E-state index contributed by atoms with van der Waals surface area (Å²) in [7, 11) is 0. The standard InChI is InChI=1S/C22H29N3O2/c1-4-20(17-10-8-7-9-11-17)24-21(26)16-23-19-14-12-18(13-15-19)22(27)25(5-2)6-3/h7-15,20,23H,4-6,16H2,1-3H3,(H,24,26). The van der Waals surface area contributed by atoms with Crippen molar-refractivity contribution in [3.63, 3.8) is 0 Å². The van der Waals surface area contributed by atoms with E-state index in [1.54, 1.807) is 17.0 Å². The van der Waals surface area contributed by atoms with E-state index in [4.69, 9.17) is 0 Å². The van der Waals surface area contributed by atoms with Crippen LogP contribution in [0, 0.1) is 0 Å². The van der Waals surface area contributed by atoms with Gasteiger partial charge in [0.2, 0.25) is 5.91 Å². The van der Waals surface area contributed by atoms with E-state index in [2.05, 4.69) is 17.6 Å². The Morgan fingerprint density at radius 2 is 1.56 bits per heavy atom. The van der Waals surface area contributed by atoms with Crippen molar-refractivity contribution < 1.29 is 9.59 Å². The average molecular weight is 367 g/mol. The first-order chi connectivity index (χ1) is 13.1. The van der Waals surface area contributed by atoms with Gasteiger partial charge in [-0.2, -0.15) is 0 Å². The van der Waals surface area contributed by atoms with Crippen molar-refractivity contribution in [2.75, 3.05) is 25.0 Å². The zero-order chi connectivity index (χ0) is 19.6. The molecule has 1 atom stereocenters. The molecule has 0 saturated heterocycles. The largest absolute Gasteiger partial charge is 0.376 e. The van der Waals surface area contributed by atoms with Gasteiger partial charge in [0.1, 0.15) is 0 Å². The van der Waals surface area contributed by atoms with Crippen molar-refractivity contribution in [1.29, 1.82) is 0 Å². The second-order valence-corrected chi connectivity index (χ2v) is 6.35. The zero-order valence-corrected chi connectivity index (χ0v) is 16.4. The molecule has 0 saturated carbocycles. The number of nitrogens with zero attached hydrogens (tertiary/aromatic N) is 1. The predicted octanol–water partition coefficient (Wildman–Crippen LogP) is 3.85. The van der Waals surface area contributed by atoms with Gasteiger partial charge < -0.3 is 15.5 Å². The van der Waals surface area contributed by atoms with Gasteiger partial charge in [0.05, 0.1) is 12.6 Å². The Kier molecular flexibility index (Phi) is 7.86. The molecular weight excluding hydrogens is 338 g/mol. The Morgan fingerprint density at radius 3 is 2.11 bits per heavy atom. The fourth-order valence-corrected chi connectivity index (χ4v) is 2.96. The van der Waals surface area contributed by atoms with Crippen LogP contribution in [0.15, 0.2) is 54.6 Å². The van der Waals surface area contributed by atoms with Crippen LogP contribution in [0.25, 0.3) is 0 Å². The lowest BCUT2D eigenvalue weighted by atomic mass is 10.0. The van der Waals surface area contributed by atoms with Gasteiger partial charge in [0, 0.05) is 24.3 Å². The lowest BCUT2D eigenvalue weighted by molar-refractivity contribution is -0.120. The third kappa shape index (κ3) is 5.84. The monoisotopic (exact) mass is 367 g/mol. The van der Waals surface area contributed by atoms with E-state index >= 15 is 0 Å². The lowest BCUT2D eigenvalue weighted by Crippen LogP contribution is -2.33. The van der Waals surface area contributed by atoms with E-state index in [-0.39, 0.29) is 24.4 Å². The Labute approximate surface area is 161 Å². The number of rotatable bonds is 9. The van der Waals surface area contributed by atoms with Crippen LogP contribution in [-0.2, 0) is 4.79 Å². The highest BCUT2D eigenvalue weighted by Crippen LogP contribution is 2.16. The van der Waals surface area contributed by atoms with Crippen molar-refractivity contribution in [2.45, 2.75) is 33.2 Å². The van der Waals surface area contributed by atoms with Crippen LogP contribution in [0.4, 0.5) is 5.69 Å². The summed E-state index contributed by atoms with van der Waals surface area (Å²) >= 11 is 0. The van der Waals surface area contributed by atoms with Gasteiger partial charge in [0.25, 0.3) is 5.91 Å². The number of carbonyl (C=O) groups is 2. The van der Waals surface area contributed by atoms with Crippen molar-refractivity contribution in [1.82, 2.24) is 10.2 Å². The molecule has 0 spiro atoms. The topological polar surface area (TPSA) is 61.4 Å². The van der Waals surface area contributed by atoms with Gasteiger partial charge in [-0.05, 0) is 50.1 Å². The van der Waals surface area contributed by atoms with E-state index in [0.29, 0.717) is 18.7 Å². The molecule has 2 rings (SSSR count). The van der Waals surface area contributed by atoms with Gasteiger partial charge in [-0.15, -0.1) is 0 Å². The number of benzene rings is 2. The Hall–Kier alpha value is -2.82. The quantitative estimate of drug-likeness (QED) is 0.708. The van der Waals surface area contributed by atoms with Crippen LogP contribution in [0.2, 0.25) is 0 Å². The molecule has 0 aromatic heterocycles. The van der Waals surface area contributed by atoms with E-state index in [1.165, 1.54) is 0 Å². The first-order valence-corrected chi connectivity index (χ1v) is 9.56. The number of hydrogen-bond acceptors (Lipinski definition) is 3. The molecule has 27 heavy (non-hydrogen) atoms. The summed E-state index contributed by atoms with van der Waals surface area (Å²) in [5.41, 5.74) is 2.57. The minimum Gasteiger partial charge on any atom is -0.376 e. The molecule has 0 heterocycles. The van der Waals surface area contributed by atoms with Gasteiger partial charge in [-0.3, -0.25) is 9.59 Å². The molecule has 2 N–H and O–H groups in total. The van der Waals surface area contributed by atoms with E-state index in [0.717, 1.165) is 17.7 Å². The molecule has 2 aromatic carbocycles. The summed E-state index contributed by atoms with van der Waals surface area (Å²) in [4.78, 5) is 26.4. The fourth-order valence-electron chi connectivity index (χ4n) is 2.96. The SMILES string of the molecule is CCC(NC(=O)CNc1ccc(C(=O)N(CC)CC)cc1)c1ccccc1. The highest BCUT2D eigenvalue weighted by molar-refractivity contribution is 5.94. The van der Waals surface area contributed by atoms with Crippen molar-refractivity contribution in [2.24, 2.45) is 0 Å². The van der Waals surface area contributed by atoms with Crippen molar-refractivity contribution in [3.05, 3.63) is 65.7 Å². The lowest BCUT2D eigenvalue weighted by Gasteiger charge is -2.19. The van der Waals surface area contributed by atoms with Crippen LogP contribution < -0.4 is 10.6 Å². The summed E-state index contributed by atoms with van der Waals surface area (Å²) in [6.45, 7) is 7.55. The highest BCUT2D eigenvalue weighted by atomic mass is 16.2. The predicted molar refractivity (Wildman–Crippen MR) is 110 cm³/mol. The molecule has 0 aliphatic carbocycles. The number of anilines is 1. The average Bonchev–Trinajstić information content (AvgIpc) is 2.72. The van der Waals surface area contributed by atoms with Crippen LogP contribution >= 0.6 is 0 Å². The molecule has 5 nitrogen and oxygen atoms in total.